The van der Waals surface area contributed by atoms with Gasteiger partial charge in [0, 0.05) is 35.3 Å². The number of nitrogens with zero attached hydrogens (tertiary/aromatic N) is 2. The molecule has 0 aromatic heterocycles. The summed E-state index contributed by atoms with van der Waals surface area (Å²) in [6, 6.07) is 17.7. The summed E-state index contributed by atoms with van der Waals surface area (Å²) in [6.07, 6.45) is 4.62. The van der Waals surface area contributed by atoms with Crippen LogP contribution in [0.2, 0.25) is 0 Å². The highest BCUT2D eigenvalue weighted by molar-refractivity contribution is 7.99. The molecule has 0 unspecified atom stereocenters. The lowest BCUT2D eigenvalue weighted by molar-refractivity contribution is -0.118. The van der Waals surface area contributed by atoms with Crippen molar-refractivity contribution in [1.82, 2.24) is 9.80 Å². The normalized spacial score (nSPS) is 14.4. The molecule has 0 radical (unpaired) electrons. The molecule has 170 valence electrons. The minimum atomic E-state index is 0.00731. The second-order valence-electron chi connectivity index (χ2n) is 8.00. The highest BCUT2D eigenvalue weighted by Crippen LogP contribution is 2.27. The average Bonchev–Trinajstić information content (AvgIpc) is 2.83. The topological polar surface area (TPSA) is 52.7 Å². The fourth-order valence-electron chi connectivity index (χ4n) is 4.09. The van der Waals surface area contributed by atoms with Gasteiger partial charge in [0.1, 0.15) is 0 Å². The van der Waals surface area contributed by atoms with Gasteiger partial charge in [0.2, 0.25) is 5.91 Å². The molecule has 6 heteroatoms. The Morgan fingerprint density at radius 1 is 1.12 bits per heavy atom. The van der Waals surface area contributed by atoms with Gasteiger partial charge in [-0.05, 0) is 50.1 Å². The summed E-state index contributed by atoms with van der Waals surface area (Å²) in [6.45, 7) is 8.60. The van der Waals surface area contributed by atoms with E-state index < -0.39 is 0 Å². The van der Waals surface area contributed by atoms with Gasteiger partial charge in [-0.3, -0.25) is 14.5 Å². The molecule has 5 nitrogen and oxygen atoms in total. The van der Waals surface area contributed by atoms with Gasteiger partial charge in [-0.25, -0.2) is 0 Å². The molecule has 2 amide bonds. The van der Waals surface area contributed by atoms with Crippen molar-refractivity contribution in [2.45, 2.75) is 37.1 Å². The van der Waals surface area contributed by atoms with Crippen LogP contribution in [-0.2, 0) is 4.79 Å². The molecule has 32 heavy (non-hydrogen) atoms. The van der Waals surface area contributed by atoms with Crippen LogP contribution < -0.4 is 5.32 Å². The maximum atomic E-state index is 12.9. The third kappa shape index (κ3) is 6.71. The molecule has 1 heterocycles. The molecule has 0 spiro atoms. The standard InChI is InChI=1S/C26H33N3O2S/c1-3-16-29(20-25(30)27-23-12-8-9-13-24(23)32-19-4-2)22-14-17-28(18-15-22)26(31)21-10-6-5-7-11-21/h4-13,22H,2-3,14-20H2,1H3,(H,27,30). The van der Waals surface area contributed by atoms with Crippen molar-refractivity contribution >= 4 is 29.3 Å². The van der Waals surface area contributed by atoms with Crippen molar-refractivity contribution in [1.29, 1.82) is 0 Å². The summed E-state index contributed by atoms with van der Waals surface area (Å²) < 4.78 is 0. The number of hydrogen-bond acceptors (Lipinski definition) is 4. The highest BCUT2D eigenvalue weighted by Gasteiger charge is 2.28. The molecule has 1 aliphatic heterocycles. The first-order chi connectivity index (χ1) is 15.6. The Balaban J connectivity index is 1.56. The van der Waals surface area contributed by atoms with E-state index in [-0.39, 0.29) is 11.8 Å². The van der Waals surface area contributed by atoms with Gasteiger partial charge in [0.15, 0.2) is 0 Å². The van der Waals surface area contributed by atoms with Gasteiger partial charge in [-0.15, -0.1) is 18.3 Å². The maximum Gasteiger partial charge on any atom is 0.253 e. The average molecular weight is 452 g/mol. The number of nitrogens with one attached hydrogen (secondary N) is 1. The first-order valence-corrected chi connectivity index (χ1v) is 12.3. The number of likely N-dealkylation sites (tertiary alicyclic amines) is 1. The van der Waals surface area contributed by atoms with Crippen LogP contribution in [0.25, 0.3) is 0 Å². The van der Waals surface area contributed by atoms with Crippen LogP contribution in [0.5, 0.6) is 0 Å². The Bertz CT molecular complexity index is 895. The van der Waals surface area contributed by atoms with Gasteiger partial charge in [0.05, 0.1) is 12.2 Å². The SMILES string of the molecule is C=CCSc1ccccc1NC(=O)CN(CCC)C1CCN(C(=O)c2ccccc2)CC1. The number of benzene rings is 2. The number of anilines is 1. The number of hydrogen-bond donors (Lipinski definition) is 1. The predicted octanol–water partition coefficient (Wildman–Crippen LogP) is 4.92. The number of piperidine rings is 1. The zero-order valence-corrected chi connectivity index (χ0v) is 19.7. The van der Waals surface area contributed by atoms with Crippen LogP contribution in [0, 0.1) is 0 Å². The number of carbonyl (C=O) groups is 2. The van der Waals surface area contributed by atoms with Crippen LogP contribution >= 0.6 is 11.8 Å². The van der Waals surface area contributed by atoms with Crippen LogP contribution in [0.3, 0.4) is 0 Å². The summed E-state index contributed by atoms with van der Waals surface area (Å²) in [7, 11) is 0. The molecule has 0 aliphatic carbocycles. The molecule has 1 saturated heterocycles. The van der Waals surface area contributed by atoms with E-state index in [2.05, 4.69) is 23.7 Å². The van der Waals surface area contributed by atoms with E-state index in [4.69, 9.17) is 0 Å². The van der Waals surface area contributed by atoms with Crippen LogP contribution in [-0.4, -0.2) is 59.6 Å². The highest BCUT2D eigenvalue weighted by atomic mass is 32.2. The van der Waals surface area contributed by atoms with Gasteiger partial charge in [0.25, 0.3) is 5.91 Å². The summed E-state index contributed by atoms with van der Waals surface area (Å²) >= 11 is 1.66. The predicted molar refractivity (Wildman–Crippen MR) is 133 cm³/mol. The lowest BCUT2D eigenvalue weighted by Gasteiger charge is -2.38. The van der Waals surface area contributed by atoms with Crippen molar-refractivity contribution in [3.8, 4) is 0 Å². The monoisotopic (exact) mass is 451 g/mol. The fourth-order valence-corrected chi connectivity index (χ4v) is 4.84. The minimum Gasteiger partial charge on any atom is -0.339 e. The molecule has 1 N–H and O–H groups in total. The van der Waals surface area contributed by atoms with Crippen molar-refractivity contribution in [3.05, 3.63) is 72.8 Å². The second-order valence-corrected chi connectivity index (χ2v) is 9.07. The fraction of sp³-hybridized carbons (Fsp3) is 0.385. The molecular weight excluding hydrogens is 418 g/mol. The number of para-hydroxylation sites is 1. The number of carbonyl (C=O) groups excluding carboxylic acids is 2. The first-order valence-electron chi connectivity index (χ1n) is 11.3. The Morgan fingerprint density at radius 2 is 1.81 bits per heavy atom. The Morgan fingerprint density at radius 3 is 2.50 bits per heavy atom. The largest absolute Gasteiger partial charge is 0.339 e. The minimum absolute atomic E-state index is 0.00731. The van der Waals surface area contributed by atoms with E-state index in [1.54, 1.807) is 11.8 Å². The summed E-state index contributed by atoms with van der Waals surface area (Å²) in [4.78, 5) is 30.9. The molecule has 2 aromatic carbocycles. The van der Waals surface area contributed by atoms with Crippen LogP contribution in [0.15, 0.2) is 72.1 Å². The molecule has 2 aromatic rings. The van der Waals surface area contributed by atoms with E-state index in [1.807, 2.05) is 65.6 Å². The molecule has 1 aliphatic rings. The van der Waals surface area contributed by atoms with Crippen molar-refractivity contribution in [2.24, 2.45) is 0 Å². The van der Waals surface area contributed by atoms with E-state index in [9.17, 15) is 9.59 Å². The smallest absolute Gasteiger partial charge is 0.253 e. The van der Waals surface area contributed by atoms with Gasteiger partial charge in [-0.2, -0.15) is 0 Å². The third-order valence-electron chi connectivity index (χ3n) is 5.66. The number of rotatable bonds is 10. The quantitative estimate of drug-likeness (QED) is 0.411. The Labute approximate surface area is 195 Å². The van der Waals surface area contributed by atoms with Crippen molar-refractivity contribution < 1.29 is 9.59 Å². The lowest BCUT2D eigenvalue weighted by atomic mass is 10.0. The molecular formula is C26H33N3O2S. The summed E-state index contributed by atoms with van der Waals surface area (Å²) in [5.41, 5.74) is 1.59. The van der Waals surface area contributed by atoms with E-state index in [1.165, 1.54) is 0 Å². The van der Waals surface area contributed by atoms with Gasteiger partial charge >= 0.3 is 0 Å². The van der Waals surface area contributed by atoms with Crippen molar-refractivity contribution in [3.63, 3.8) is 0 Å². The lowest BCUT2D eigenvalue weighted by Crippen LogP contribution is -2.49. The number of amides is 2. The van der Waals surface area contributed by atoms with Gasteiger partial charge in [-0.1, -0.05) is 43.3 Å². The maximum absolute atomic E-state index is 12.9. The Kier molecular flexibility index (Phi) is 9.38. The van der Waals surface area contributed by atoms with E-state index in [0.29, 0.717) is 12.6 Å². The molecule has 0 bridgehead atoms. The Hall–Kier alpha value is -2.57. The van der Waals surface area contributed by atoms with Crippen LogP contribution in [0.4, 0.5) is 5.69 Å². The number of thioether (sulfide) groups is 1. The summed E-state index contributed by atoms with van der Waals surface area (Å²) in [5, 5.41) is 3.10. The molecule has 0 atom stereocenters. The summed E-state index contributed by atoms with van der Waals surface area (Å²) in [5.74, 6) is 0.903. The van der Waals surface area contributed by atoms with Crippen LogP contribution in [0.1, 0.15) is 36.5 Å². The van der Waals surface area contributed by atoms with E-state index >= 15 is 0 Å². The zero-order valence-electron chi connectivity index (χ0n) is 18.8. The van der Waals surface area contributed by atoms with Gasteiger partial charge < -0.3 is 10.2 Å². The molecule has 3 rings (SSSR count). The third-order valence-corrected chi connectivity index (χ3v) is 6.73. The van der Waals surface area contributed by atoms with E-state index in [0.717, 1.165) is 60.8 Å². The second kappa shape index (κ2) is 12.5. The molecule has 1 fully saturated rings. The molecule has 0 saturated carbocycles. The van der Waals surface area contributed by atoms with Crippen molar-refractivity contribution in [2.75, 3.05) is 37.2 Å². The zero-order chi connectivity index (χ0) is 22.8. The first kappa shape index (κ1) is 24.1.